The Bertz CT molecular complexity index is 1980. The van der Waals surface area contributed by atoms with E-state index in [-0.39, 0.29) is 79.4 Å². The summed E-state index contributed by atoms with van der Waals surface area (Å²) in [5.41, 5.74) is 4.49. The fourth-order valence-electron chi connectivity index (χ4n) is 6.96. The van der Waals surface area contributed by atoms with Gasteiger partial charge >= 0.3 is 6.03 Å². The Morgan fingerprint density at radius 1 is 1.26 bits per heavy atom. The van der Waals surface area contributed by atoms with Crippen molar-refractivity contribution in [2.45, 2.75) is 30.5 Å². The third-order valence-electron chi connectivity index (χ3n) is 8.87. The third-order valence-corrected chi connectivity index (χ3v) is 10.4. The molecule has 2 saturated heterocycles. The number of hydrogen-bond acceptors (Lipinski definition) is 10. The van der Waals surface area contributed by atoms with Crippen LogP contribution in [-0.2, 0) is 4.74 Å². The molecule has 12 nitrogen and oxygen atoms in total. The standard InChI is InChI=1S/C29H23Cl2F2N7O5S/c30-20-10-39(37-36-20)28(43)38-5-1-6-44-12-29(38)18-4-7-45-24-14(27(42)40(18)19(29)11-41)8-17(33)22(23(24)31)13-2-3-16(32)25-21(13)15(9-34)26(35)46-25/h2-3,8,10,18-19,41H,1,4-7,11-12,35H2. The molecule has 0 bridgehead atoms. The predicted octanol–water partition coefficient (Wildman–Crippen LogP) is 4.30. The number of benzene rings is 2. The van der Waals surface area contributed by atoms with E-state index in [1.807, 2.05) is 6.07 Å². The van der Waals surface area contributed by atoms with E-state index in [4.69, 9.17) is 38.4 Å². The zero-order valence-corrected chi connectivity index (χ0v) is 26.0. The summed E-state index contributed by atoms with van der Waals surface area (Å²) in [6.45, 7) is 0.0221. The van der Waals surface area contributed by atoms with Crippen molar-refractivity contribution >= 4 is 61.6 Å². The van der Waals surface area contributed by atoms with Crippen LogP contribution in [0.2, 0.25) is 10.2 Å². The number of thiophene rings is 1. The third kappa shape index (κ3) is 4.28. The number of carbonyl (C=O) groups is 2. The van der Waals surface area contributed by atoms with Crippen LogP contribution in [-0.4, -0.2) is 92.4 Å². The lowest BCUT2D eigenvalue weighted by molar-refractivity contribution is -0.162. The summed E-state index contributed by atoms with van der Waals surface area (Å²) in [6.07, 6.45) is 1.94. The first kappa shape index (κ1) is 30.6. The normalized spacial score (nSPS) is 22.7. The van der Waals surface area contributed by atoms with Crippen molar-refractivity contribution < 1.29 is 33.0 Å². The number of halogens is 4. The van der Waals surface area contributed by atoms with Crippen LogP contribution in [0.4, 0.5) is 18.6 Å². The first-order valence-electron chi connectivity index (χ1n) is 14.1. The second-order valence-corrected chi connectivity index (χ2v) is 12.9. The lowest BCUT2D eigenvalue weighted by atomic mass is 9.69. The second kappa shape index (κ2) is 11.3. The number of nitrogen functional groups attached to an aromatic ring is 1. The van der Waals surface area contributed by atoms with Crippen LogP contribution in [0.3, 0.4) is 0 Å². The van der Waals surface area contributed by atoms with Crippen molar-refractivity contribution in [1.29, 1.82) is 5.26 Å². The summed E-state index contributed by atoms with van der Waals surface area (Å²) < 4.78 is 43.8. The molecule has 3 atom stereocenters. The number of carbonyl (C=O) groups excluding carboxylic acids is 2. The number of nitriles is 1. The molecule has 3 aliphatic rings. The van der Waals surface area contributed by atoms with Gasteiger partial charge in [0.1, 0.15) is 28.2 Å². The minimum absolute atomic E-state index is 0.00726. The van der Waals surface area contributed by atoms with Gasteiger partial charge < -0.3 is 30.1 Å². The Hall–Kier alpha value is -4.07. The van der Waals surface area contributed by atoms with Gasteiger partial charge in [-0.3, -0.25) is 4.79 Å². The number of nitrogens with zero attached hydrogens (tertiary/aromatic N) is 6. The van der Waals surface area contributed by atoms with Gasteiger partial charge in [-0.25, -0.2) is 13.6 Å². The molecule has 238 valence electrons. The zero-order chi connectivity index (χ0) is 32.5. The fourth-order valence-corrected chi connectivity index (χ4v) is 8.38. The van der Waals surface area contributed by atoms with Crippen LogP contribution in [0.25, 0.3) is 21.2 Å². The highest BCUT2D eigenvalue weighted by atomic mass is 35.5. The molecule has 17 heteroatoms. The molecule has 2 amide bonds. The molecule has 1 spiro atoms. The number of anilines is 1. The molecule has 0 saturated carbocycles. The lowest BCUT2D eigenvalue weighted by Crippen LogP contribution is -2.86. The van der Waals surface area contributed by atoms with Crippen molar-refractivity contribution in [3.63, 3.8) is 0 Å². The van der Waals surface area contributed by atoms with E-state index >= 15 is 4.39 Å². The van der Waals surface area contributed by atoms with Crippen molar-refractivity contribution in [3.05, 3.63) is 57.3 Å². The van der Waals surface area contributed by atoms with Crippen LogP contribution >= 0.6 is 34.5 Å². The molecule has 2 aromatic carbocycles. The average molecular weight is 691 g/mol. The number of aliphatic hydroxyl groups excluding tert-OH is 1. The summed E-state index contributed by atoms with van der Waals surface area (Å²) in [5, 5.41) is 27.8. The Balaban J connectivity index is 1.32. The molecule has 3 unspecified atom stereocenters. The van der Waals surface area contributed by atoms with E-state index < -0.39 is 47.8 Å². The predicted molar refractivity (Wildman–Crippen MR) is 163 cm³/mol. The largest absolute Gasteiger partial charge is 0.491 e. The molecule has 46 heavy (non-hydrogen) atoms. The number of fused-ring (bicyclic) bond motifs is 4. The van der Waals surface area contributed by atoms with E-state index in [0.29, 0.717) is 13.0 Å². The van der Waals surface area contributed by atoms with Crippen molar-refractivity contribution in [2.75, 3.05) is 38.7 Å². The second-order valence-electron chi connectivity index (χ2n) is 11.1. The lowest BCUT2D eigenvalue weighted by Gasteiger charge is -2.66. The van der Waals surface area contributed by atoms with Gasteiger partial charge in [0.25, 0.3) is 5.91 Å². The molecule has 2 aromatic heterocycles. The highest BCUT2D eigenvalue weighted by Crippen LogP contribution is 2.51. The minimum Gasteiger partial charge on any atom is -0.491 e. The summed E-state index contributed by atoms with van der Waals surface area (Å²) in [6, 6.07) is 3.14. The fraction of sp³-hybridized carbons (Fsp3) is 0.345. The molecule has 3 N–H and O–H groups in total. The Kier molecular flexibility index (Phi) is 7.52. The monoisotopic (exact) mass is 689 g/mol. The van der Waals surface area contributed by atoms with Crippen LogP contribution in [0.5, 0.6) is 5.75 Å². The molecule has 0 radical (unpaired) electrons. The maximum absolute atomic E-state index is 16.1. The zero-order valence-electron chi connectivity index (χ0n) is 23.7. The quantitative estimate of drug-likeness (QED) is 0.313. The van der Waals surface area contributed by atoms with Crippen LogP contribution in [0.1, 0.15) is 28.8 Å². The van der Waals surface area contributed by atoms with Gasteiger partial charge in [-0.05, 0) is 24.1 Å². The summed E-state index contributed by atoms with van der Waals surface area (Å²) in [7, 11) is 0. The average Bonchev–Trinajstić information content (AvgIpc) is 3.53. The van der Waals surface area contributed by atoms with E-state index in [9.17, 15) is 24.3 Å². The number of rotatable bonds is 2. The molecular weight excluding hydrogens is 667 g/mol. The van der Waals surface area contributed by atoms with Gasteiger partial charge in [-0.2, -0.15) is 9.94 Å². The Morgan fingerprint density at radius 2 is 2.07 bits per heavy atom. The van der Waals surface area contributed by atoms with E-state index in [1.54, 1.807) is 0 Å². The summed E-state index contributed by atoms with van der Waals surface area (Å²) in [5.74, 6) is -2.35. The number of aliphatic hydroxyl groups is 1. The Labute approximate surface area is 273 Å². The highest BCUT2D eigenvalue weighted by molar-refractivity contribution is 7.23. The minimum atomic E-state index is -1.17. The molecule has 2 fully saturated rings. The van der Waals surface area contributed by atoms with Gasteiger partial charge in [0.2, 0.25) is 0 Å². The highest BCUT2D eigenvalue weighted by Gasteiger charge is 2.67. The Morgan fingerprint density at radius 3 is 2.78 bits per heavy atom. The van der Waals surface area contributed by atoms with Gasteiger partial charge in [-0.15, -0.1) is 16.4 Å². The van der Waals surface area contributed by atoms with E-state index in [1.165, 1.54) is 22.1 Å². The van der Waals surface area contributed by atoms with Crippen molar-refractivity contribution in [2.24, 2.45) is 0 Å². The van der Waals surface area contributed by atoms with E-state index in [0.717, 1.165) is 28.2 Å². The van der Waals surface area contributed by atoms with Gasteiger partial charge in [0.05, 0.1) is 59.0 Å². The molecule has 7 rings (SSSR count). The van der Waals surface area contributed by atoms with Crippen molar-refractivity contribution in [3.8, 4) is 22.9 Å². The first-order valence-corrected chi connectivity index (χ1v) is 15.7. The molecule has 5 heterocycles. The van der Waals surface area contributed by atoms with Crippen LogP contribution < -0.4 is 10.5 Å². The van der Waals surface area contributed by atoms with E-state index in [2.05, 4.69) is 10.3 Å². The van der Waals surface area contributed by atoms with Gasteiger partial charge in [0.15, 0.2) is 10.9 Å². The van der Waals surface area contributed by atoms with Crippen molar-refractivity contribution in [1.82, 2.24) is 24.8 Å². The topological polar surface area (TPSA) is 160 Å². The number of amides is 2. The first-order chi connectivity index (χ1) is 22.1. The number of hydrogen-bond donors (Lipinski definition) is 2. The van der Waals surface area contributed by atoms with Gasteiger partial charge in [0, 0.05) is 30.5 Å². The summed E-state index contributed by atoms with van der Waals surface area (Å²) >= 11 is 13.6. The SMILES string of the molecule is N#Cc1c(N)sc2c(F)ccc(-c3c(F)cc4c(c3Cl)OCCC3N(C4=O)C(CO)C34COCCCN4C(=O)n3cc(Cl)nn3)c12. The van der Waals surface area contributed by atoms with Crippen LogP contribution in [0.15, 0.2) is 24.4 Å². The summed E-state index contributed by atoms with van der Waals surface area (Å²) in [4.78, 5) is 30.8. The molecule has 4 aromatic rings. The molecule has 0 aliphatic carbocycles. The molecule has 3 aliphatic heterocycles. The number of nitrogens with two attached hydrogens (primary N) is 1. The van der Waals surface area contributed by atoms with Gasteiger partial charge in [-0.1, -0.05) is 34.5 Å². The number of aromatic nitrogens is 3. The number of ether oxygens (including phenoxy) is 2. The maximum atomic E-state index is 16.1. The van der Waals surface area contributed by atoms with Crippen LogP contribution in [0, 0.1) is 23.0 Å². The smallest absolute Gasteiger partial charge is 0.346 e. The molecular formula is C29H23Cl2F2N7O5S. The maximum Gasteiger partial charge on any atom is 0.346 e.